The number of nitrogens with zero attached hydrogens (tertiary/aromatic N) is 2. The molecule has 0 aliphatic carbocycles. The maximum Gasteiger partial charge on any atom is 0.276 e. The molecular weight excluding hydrogens is 388 g/mol. The standard InChI is InChI=1S/C26H28N2O3/c1-4-21(16-20(2)3)18-31-26-25(30-19-23-8-6-5-7-9-23)17-24(27-28-26)11-10-22-12-14-29-15-13-22/h4-9,12,16-17H,13-15,18-19H2,1-3H3. The minimum absolute atomic E-state index is 0.355. The summed E-state index contributed by atoms with van der Waals surface area (Å²) in [6.07, 6.45) is 6.91. The molecule has 0 spiro atoms. The van der Waals surface area contributed by atoms with Gasteiger partial charge < -0.3 is 14.2 Å². The fourth-order valence-corrected chi connectivity index (χ4v) is 2.88. The molecule has 1 aliphatic heterocycles. The Morgan fingerprint density at radius 1 is 1.13 bits per heavy atom. The van der Waals surface area contributed by atoms with Crippen LogP contribution in [0.3, 0.4) is 0 Å². The van der Waals surface area contributed by atoms with Gasteiger partial charge in [0.1, 0.15) is 18.9 Å². The Morgan fingerprint density at radius 2 is 1.97 bits per heavy atom. The molecule has 1 aliphatic rings. The molecule has 0 fully saturated rings. The van der Waals surface area contributed by atoms with E-state index in [9.17, 15) is 0 Å². The lowest BCUT2D eigenvalue weighted by atomic mass is 10.1. The molecule has 0 saturated carbocycles. The third-order valence-electron chi connectivity index (χ3n) is 4.50. The van der Waals surface area contributed by atoms with Gasteiger partial charge in [0.05, 0.1) is 13.2 Å². The molecule has 0 N–H and O–H groups in total. The summed E-state index contributed by atoms with van der Waals surface area (Å²) in [7, 11) is 0. The highest BCUT2D eigenvalue weighted by Gasteiger charge is 2.11. The van der Waals surface area contributed by atoms with Crippen LogP contribution < -0.4 is 9.47 Å². The van der Waals surface area contributed by atoms with E-state index in [0.29, 0.717) is 43.8 Å². The minimum atomic E-state index is 0.355. The molecule has 5 nitrogen and oxygen atoms in total. The van der Waals surface area contributed by atoms with E-state index in [1.807, 2.05) is 49.4 Å². The molecule has 0 atom stereocenters. The smallest absolute Gasteiger partial charge is 0.276 e. The monoisotopic (exact) mass is 416 g/mol. The molecule has 3 rings (SSSR count). The van der Waals surface area contributed by atoms with E-state index in [1.54, 1.807) is 6.07 Å². The first-order valence-electron chi connectivity index (χ1n) is 10.4. The topological polar surface area (TPSA) is 53.5 Å². The average Bonchev–Trinajstić information content (AvgIpc) is 2.80. The summed E-state index contributed by atoms with van der Waals surface area (Å²) in [5.74, 6) is 7.11. The van der Waals surface area contributed by atoms with Gasteiger partial charge in [-0.15, -0.1) is 10.2 Å². The van der Waals surface area contributed by atoms with Crippen molar-refractivity contribution in [3.05, 3.63) is 82.6 Å². The van der Waals surface area contributed by atoms with Crippen molar-refractivity contribution in [1.29, 1.82) is 0 Å². The molecule has 31 heavy (non-hydrogen) atoms. The van der Waals surface area contributed by atoms with Crippen molar-refractivity contribution in [2.24, 2.45) is 0 Å². The summed E-state index contributed by atoms with van der Waals surface area (Å²) in [5, 5.41) is 8.47. The number of rotatable bonds is 7. The maximum absolute atomic E-state index is 6.04. The van der Waals surface area contributed by atoms with Crippen LogP contribution in [0.5, 0.6) is 11.6 Å². The Balaban J connectivity index is 1.79. The van der Waals surface area contributed by atoms with Crippen LogP contribution in [0, 0.1) is 11.8 Å². The van der Waals surface area contributed by atoms with Crippen molar-refractivity contribution in [3.63, 3.8) is 0 Å². The van der Waals surface area contributed by atoms with Crippen LogP contribution in [0.25, 0.3) is 0 Å². The van der Waals surface area contributed by atoms with Crippen LogP contribution in [0.4, 0.5) is 0 Å². The van der Waals surface area contributed by atoms with E-state index in [-0.39, 0.29) is 0 Å². The molecule has 1 aromatic carbocycles. The maximum atomic E-state index is 6.04. The van der Waals surface area contributed by atoms with Crippen LogP contribution in [0.15, 0.2) is 71.3 Å². The summed E-state index contributed by atoms with van der Waals surface area (Å²) < 4.78 is 17.3. The van der Waals surface area contributed by atoms with Gasteiger partial charge in [-0.1, -0.05) is 54.0 Å². The Hall–Kier alpha value is -3.36. The fraction of sp³-hybridized carbons (Fsp3) is 0.308. The van der Waals surface area contributed by atoms with Crippen LogP contribution in [-0.4, -0.2) is 30.0 Å². The van der Waals surface area contributed by atoms with Crippen molar-refractivity contribution < 1.29 is 14.2 Å². The van der Waals surface area contributed by atoms with Gasteiger partial charge in [-0.05, 0) is 43.9 Å². The van der Waals surface area contributed by atoms with Gasteiger partial charge in [-0.2, -0.15) is 0 Å². The summed E-state index contributed by atoms with van der Waals surface area (Å²) >= 11 is 0. The molecule has 2 aromatic rings. The predicted molar refractivity (Wildman–Crippen MR) is 122 cm³/mol. The third kappa shape index (κ3) is 7.44. The van der Waals surface area contributed by atoms with Gasteiger partial charge in [0, 0.05) is 18.1 Å². The second-order valence-corrected chi connectivity index (χ2v) is 7.35. The zero-order valence-corrected chi connectivity index (χ0v) is 18.4. The Labute approximate surface area is 184 Å². The first-order valence-corrected chi connectivity index (χ1v) is 10.4. The molecule has 160 valence electrons. The quantitative estimate of drug-likeness (QED) is 0.467. The molecule has 5 heteroatoms. The molecule has 1 aromatic heterocycles. The highest BCUT2D eigenvalue weighted by Crippen LogP contribution is 2.26. The zero-order chi connectivity index (χ0) is 21.9. The van der Waals surface area contributed by atoms with Crippen molar-refractivity contribution in [2.75, 3.05) is 19.8 Å². The second kappa shape index (κ2) is 11.7. The third-order valence-corrected chi connectivity index (χ3v) is 4.50. The largest absolute Gasteiger partial charge is 0.483 e. The van der Waals surface area contributed by atoms with Crippen molar-refractivity contribution in [2.45, 2.75) is 33.8 Å². The van der Waals surface area contributed by atoms with Gasteiger partial charge in [0.2, 0.25) is 0 Å². The van der Waals surface area contributed by atoms with Crippen LogP contribution >= 0.6 is 0 Å². The number of ether oxygens (including phenoxy) is 3. The number of aromatic nitrogens is 2. The fourth-order valence-electron chi connectivity index (χ4n) is 2.88. The summed E-state index contributed by atoms with van der Waals surface area (Å²) in [6, 6.07) is 11.8. The van der Waals surface area contributed by atoms with E-state index in [2.05, 4.69) is 42.0 Å². The molecule has 0 unspecified atom stereocenters. The van der Waals surface area contributed by atoms with Crippen molar-refractivity contribution in [1.82, 2.24) is 10.2 Å². The molecule has 0 saturated heterocycles. The lowest BCUT2D eigenvalue weighted by Gasteiger charge is -2.12. The zero-order valence-electron chi connectivity index (χ0n) is 18.4. The van der Waals surface area contributed by atoms with Gasteiger partial charge in [-0.25, -0.2) is 0 Å². The first-order chi connectivity index (χ1) is 15.1. The molecule has 2 heterocycles. The van der Waals surface area contributed by atoms with E-state index >= 15 is 0 Å². The predicted octanol–water partition coefficient (Wildman–Crippen LogP) is 5.05. The highest BCUT2D eigenvalue weighted by atomic mass is 16.5. The molecule has 0 amide bonds. The SMILES string of the molecule is CC=C(C=C(C)C)COc1nnc(C#CC2=CCOCC2)cc1OCc1ccccc1. The van der Waals surface area contributed by atoms with E-state index < -0.39 is 0 Å². The van der Waals surface area contributed by atoms with Crippen LogP contribution in [-0.2, 0) is 11.3 Å². The Bertz CT molecular complexity index is 1020. The highest BCUT2D eigenvalue weighted by molar-refractivity contribution is 5.43. The number of allylic oxidation sites excluding steroid dienone is 2. The first kappa shape index (κ1) is 22.3. The molecular formula is C26H28N2O3. The van der Waals surface area contributed by atoms with Gasteiger partial charge in [0.25, 0.3) is 5.88 Å². The summed E-state index contributed by atoms with van der Waals surface area (Å²) in [6.45, 7) is 8.19. The number of hydrogen-bond acceptors (Lipinski definition) is 5. The van der Waals surface area contributed by atoms with E-state index in [1.165, 1.54) is 5.57 Å². The van der Waals surface area contributed by atoms with Crippen LogP contribution in [0.2, 0.25) is 0 Å². The van der Waals surface area contributed by atoms with Gasteiger partial charge in [-0.3, -0.25) is 0 Å². The average molecular weight is 417 g/mol. The van der Waals surface area contributed by atoms with E-state index in [0.717, 1.165) is 23.1 Å². The normalized spacial score (nSPS) is 13.5. The Kier molecular flexibility index (Phi) is 8.45. The number of hydrogen-bond donors (Lipinski definition) is 0. The van der Waals surface area contributed by atoms with Gasteiger partial charge >= 0.3 is 0 Å². The van der Waals surface area contributed by atoms with Crippen LogP contribution in [0.1, 0.15) is 38.4 Å². The lowest BCUT2D eigenvalue weighted by molar-refractivity contribution is 0.156. The summed E-state index contributed by atoms with van der Waals surface area (Å²) in [5.41, 5.74) is 4.92. The van der Waals surface area contributed by atoms with E-state index in [4.69, 9.17) is 14.2 Å². The van der Waals surface area contributed by atoms with Crippen molar-refractivity contribution >= 4 is 0 Å². The molecule has 0 radical (unpaired) electrons. The minimum Gasteiger partial charge on any atom is -0.483 e. The van der Waals surface area contributed by atoms with Crippen molar-refractivity contribution in [3.8, 4) is 23.5 Å². The Morgan fingerprint density at radius 3 is 2.68 bits per heavy atom. The van der Waals surface area contributed by atoms with Gasteiger partial charge in [0.15, 0.2) is 5.75 Å². The number of benzene rings is 1. The summed E-state index contributed by atoms with van der Waals surface area (Å²) in [4.78, 5) is 0. The lowest BCUT2D eigenvalue weighted by Crippen LogP contribution is -2.06. The second-order valence-electron chi connectivity index (χ2n) is 7.35. The molecule has 0 bridgehead atoms.